The normalized spacial score (nSPS) is 11.1. The summed E-state index contributed by atoms with van der Waals surface area (Å²) in [5, 5.41) is 10.9. The molecular weight excluding hydrogens is 392 g/mol. The Kier molecular flexibility index (Phi) is 7.00. The third-order valence-electron chi connectivity index (χ3n) is 5.20. The Morgan fingerprint density at radius 3 is 2.42 bits per heavy atom. The van der Waals surface area contributed by atoms with E-state index in [1.807, 2.05) is 62.4 Å². The van der Waals surface area contributed by atoms with Gasteiger partial charge < -0.3 is 9.84 Å². The average molecular weight is 423 g/mol. The Hall–Kier alpha value is -3.28. The van der Waals surface area contributed by atoms with Crippen molar-refractivity contribution in [3.63, 3.8) is 0 Å². The predicted molar refractivity (Wildman–Crippen MR) is 125 cm³/mol. The van der Waals surface area contributed by atoms with Crippen LogP contribution in [0.5, 0.6) is 5.75 Å². The number of carboxylic acid groups (broad SMARTS) is 1. The molecule has 1 heterocycles. The van der Waals surface area contributed by atoms with Gasteiger partial charge in [0.1, 0.15) is 0 Å². The highest BCUT2D eigenvalue weighted by Crippen LogP contribution is 2.37. The van der Waals surface area contributed by atoms with Crippen LogP contribution in [0.2, 0.25) is 0 Å². The lowest BCUT2D eigenvalue weighted by Crippen LogP contribution is -2.34. The van der Waals surface area contributed by atoms with Crippen LogP contribution in [0, 0.1) is 5.92 Å². The number of pyridine rings is 1. The zero-order valence-electron chi connectivity index (χ0n) is 18.6. The zero-order chi connectivity index (χ0) is 22.5. The van der Waals surface area contributed by atoms with Crippen LogP contribution >= 0.6 is 0 Å². The van der Waals surface area contributed by atoms with Crippen molar-refractivity contribution >= 4 is 22.7 Å². The molecule has 0 aliphatic carbocycles. The van der Waals surface area contributed by atoms with Crippen LogP contribution in [0.1, 0.15) is 33.6 Å². The Bertz CT molecular complexity index is 1120. The van der Waals surface area contributed by atoms with Gasteiger partial charge in [-0.3, -0.25) is 14.3 Å². The fraction of sp³-hybridized carbons (Fsp3) is 0.360. The van der Waals surface area contributed by atoms with Crippen molar-refractivity contribution in [2.45, 2.75) is 40.2 Å². The van der Waals surface area contributed by atoms with Crippen molar-refractivity contribution in [3.8, 4) is 16.9 Å². The first-order valence-corrected chi connectivity index (χ1v) is 10.7. The predicted octanol–water partition coefficient (Wildman–Crippen LogP) is 5.62. The SMILES string of the molecule is CCCCOc1c(N(C)C(=O)O)n(CC(C)C)c(=O)c2ccc(-c3ccccc3)cc12. The molecule has 1 N–H and O–H groups in total. The van der Waals surface area contributed by atoms with E-state index in [0.717, 1.165) is 28.9 Å². The van der Waals surface area contributed by atoms with Crippen LogP contribution in [0.3, 0.4) is 0 Å². The molecule has 3 rings (SSSR count). The fourth-order valence-corrected chi connectivity index (χ4v) is 3.63. The molecule has 6 heteroatoms. The molecule has 0 spiro atoms. The zero-order valence-corrected chi connectivity index (χ0v) is 18.6. The molecule has 0 saturated carbocycles. The lowest BCUT2D eigenvalue weighted by molar-refractivity contribution is 0.202. The van der Waals surface area contributed by atoms with Crippen molar-refractivity contribution < 1.29 is 14.6 Å². The van der Waals surface area contributed by atoms with Crippen LogP contribution < -0.4 is 15.2 Å². The second-order valence-electron chi connectivity index (χ2n) is 8.13. The molecule has 0 atom stereocenters. The number of hydrogen-bond donors (Lipinski definition) is 1. The Morgan fingerprint density at radius 2 is 1.81 bits per heavy atom. The number of benzene rings is 2. The fourth-order valence-electron chi connectivity index (χ4n) is 3.63. The molecule has 3 aromatic rings. The molecule has 2 aromatic carbocycles. The Balaban J connectivity index is 2.36. The molecule has 31 heavy (non-hydrogen) atoms. The van der Waals surface area contributed by atoms with Gasteiger partial charge in [0.2, 0.25) is 0 Å². The van der Waals surface area contributed by atoms with Gasteiger partial charge in [-0.2, -0.15) is 0 Å². The maximum Gasteiger partial charge on any atom is 0.412 e. The second kappa shape index (κ2) is 9.69. The maximum absolute atomic E-state index is 13.4. The molecule has 0 fully saturated rings. The monoisotopic (exact) mass is 422 g/mol. The number of fused-ring (bicyclic) bond motifs is 1. The quantitative estimate of drug-likeness (QED) is 0.479. The molecule has 0 aliphatic rings. The van der Waals surface area contributed by atoms with E-state index in [4.69, 9.17) is 4.74 Å². The summed E-state index contributed by atoms with van der Waals surface area (Å²) in [5.74, 6) is 0.870. The van der Waals surface area contributed by atoms with Gasteiger partial charge >= 0.3 is 6.09 Å². The van der Waals surface area contributed by atoms with Crippen molar-refractivity contribution in [3.05, 3.63) is 58.9 Å². The molecular formula is C25H30N2O4. The molecule has 0 saturated heterocycles. The van der Waals surface area contributed by atoms with Gasteiger partial charge in [-0.25, -0.2) is 4.79 Å². The molecule has 1 amide bonds. The van der Waals surface area contributed by atoms with E-state index in [-0.39, 0.29) is 17.3 Å². The number of aromatic nitrogens is 1. The van der Waals surface area contributed by atoms with Gasteiger partial charge in [-0.15, -0.1) is 0 Å². The first-order valence-electron chi connectivity index (χ1n) is 10.7. The number of hydrogen-bond acceptors (Lipinski definition) is 3. The van der Waals surface area contributed by atoms with E-state index in [1.54, 1.807) is 0 Å². The molecule has 6 nitrogen and oxygen atoms in total. The van der Waals surface area contributed by atoms with E-state index in [2.05, 4.69) is 6.92 Å². The summed E-state index contributed by atoms with van der Waals surface area (Å²) < 4.78 is 7.70. The molecule has 0 aliphatic heterocycles. The molecule has 0 radical (unpaired) electrons. The van der Waals surface area contributed by atoms with E-state index in [1.165, 1.54) is 11.6 Å². The minimum Gasteiger partial charge on any atom is -0.489 e. The van der Waals surface area contributed by atoms with Crippen molar-refractivity contribution in [2.75, 3.05) is 18.6 Å². The third-order valence-corrected chi connectivity index (χ3v) is 5.20. The number of anilines is 1. The molecule has 164 valence electrons. The van der Waals surface area contributed by atoms with Crippen LogP contribution in [0.25, 0.3) is 21.9 Å². The average Bonchev–Trinajstić information content (AvgIpc) is 2.76. The van der Waals surface area contributed by atoms with Gasteiger partial charge in [0.05, 0.1) is 12.0 Å². The van der Waals surface area contributed by atoms with Gasteiger partial charge in [0.15, 0.2) is 11.6 Å². The molecule has 1 aromatic heterocycles. The number of rotatable bonds is 8. The topological polar surface area (TPSA) is 71.8 Å². The standard InChI is InChI=1S/C25H30N2O4/c1-5-6-14-31-22-21-15-19(18-10-8-7-9-11-18)12-13-20(21)24(28)27(16-17(2)3)23(22)26(4)25(29)30/h7-13,15,17H,5-6,14,16H2,1-4H3,(H,29,30). The highest BCUT2D eigenvalue weighted by atomic mass is 16.5. The number of nitrogens with zero attached hydrogens (tertiary/aromatic N) is 2. The van der Waals surface area contributed by atoms with Crippen LogP contribution in [-0.2, 0) is 6.54 Å². The summed E-state index contributed by atoms with van der Waals surface area (Å²) in [6.07, 6.45) is 0.637. The van der Waals surface area contributed by atoms with Crippen LogP contribution in [0.15, 0.2) is 53.3 Å². The van der Waals surface area contributed by atoms with Crippen molar-refractivity contribution in [2.24, 2.45) is 5.92 Å². The highest BCUT2D eigenvalue weighted by Gasteiger charge is 2.25. The highest BCUT2D eigenvalue weighted by molar-refractivity contribution is 5.98. The maximum atomic E-state index is 13.4. The van der Waals surface area contributed by atoms with Gasteiger partial charge in [-0.05, 0) is 35.6 Å². The van der Waals surface area contributed by atoms with Gasteiger partial charge in [0, 0.05) is 19.0 Å². The molecule has 0 unspecified atom stereocenters. The number of amides is 1. The summed E-state index contributed by atoms with van der Waals surface area (Å²) in [6.45, 7) is 6.90. The first-order chi connectivity index (χ1) is 14.8. The smallest absolute Gasteiger partial charge is 0.412 e. The number of unbranched alkanes of at least 4 members (excludes halogenated alkanes) is 1. The summed E-state index contributed by atoms with van der Waals surface area (Å²) in [5.41, 5.74) is 1.75. The molecule has 0 bridgehead atoms. The minimum atomic E-state index is -1.14. The van der Waals surface area contributed by atoms with E-state index in [0.29, 0.717) is 29.7 Å². The number of ether oxygens (including phenoxy) is 1. The summed E-state index contributed by atoms with van der Waals surface area (Å²) in [6, 6.07) is 15.5. The lowest BCUT2D eigenvalue weighted by Gasteiger charge is -2.25. The van der Waals surface area contributed by atoms with Gasteiger partial charge in [-0.1, -0.05) is 63.6 Å². The van der Waals surface area contributed by atoms with Crippen LogP contribution in [-0.4, -0.2) is 29.4 Å². The minimum absolute atomic E-state index is 0.156. The largest absolute Gasteiger partial charge is 0.489 e. The Labute approximate surface area is 182 Å². The summed E-state index contributed by atoms with van der Waals surface area (Å²) >= 11 is 0. The van der Waals surface area contributed by atoms with Crippen molar-refractivity contribution in [1.29, 1.82) is 0 Å². The van der Waals surface area contributed by atoms with E-state index >= 15 is 0 Å². The van der Waals surface area contributed by atoms with Gasteiger partial charge in [0.25, 0.3) is 5.56 Å². The second-order valence-corrected chi connectivity index (χ2v) is 8.13. The van der Waals surface area contributed by atoms with E-state index < -0.39 is 6.09 Å². The van der Waals surface area contributed by atoms with Crippen LogP contribution in [0.4, 0.5) is 10.6 Å². The lowest BCUT2D eigenvalue weighted by atomic mass is 10.0. The number of carbonyl (C=O) groups is 1. The first kappa shape index (κ1) is 22.4. The van der Waals surface area contributed by atoms with Crippen molar-refractivity contribution in [1.82, 2.24) is 4.57 Å². The summed E-state index contributed by atoms with van der Waals surface area (Å²) in [4.78, 5) is 26.4. The summed E-state index contributed by atoms with van der Waals surface area (Å²) in [7, 11) is 1.45. The Morgan fingerprint density at radius 1 is 1.10 bits per heavy atom. The third kappa shape index (κ3) is 4.74. The van der Waals surface area contributed by atoms with E-state index in [9.17, 15) is 14.7 Å².